The highest BCUT2D eigenvalue weighted by Crippen LogP contribution is 2.24. The van der Waals surface area contributed by atoms with Crippen LogP contribution in [0.1, 0.15) is 30.6 Å². The van der Waals surface area contributed by atoms with E-state index in [1.807, 2.05) is 11.3 Å². The standard InChI is InChI=1S/C17H29N3S/c1-2-5-16(4-1)20-13-11-19(12-14-20)10-9-18-8-7-17-6-3-15-21-17/h3,6,15-16,18H,1-2,4-5,7-14H2. The molecule has 0 amide bonds. The van der Waals surface area contributed by atoms with Crippen molar-refractivity contribution in [3.63, 3.8) is 0 Å². The lowest BCUT2D eigenvalue weighted by atomic mass is 10.2. The summed E-state index contributed by atoms with van der Waals surface area (Å²) in [5.41, 5.74) is 0. The molecule has 0 unspecified atom stereocenters. The second-order valence-corrected chi connectivity index (χ2v) is 7.43. The van der Waals surface area contributed by atoms with E-state index in [9.17, 15) is 0 Å². The Morgan fingerprint density at radius 3 is 2.62 bits per heavy atom. The highest BCUT2D eigenvalue weighted by molar-refractivity contribution is 7.09. The van der Waals surface area contributed by atoms with Gasteiger partial charge in [0, 0.05) is 56.7 Å². The van der Waals surface area contributed by atoms with Crippen molar-refractivity contribution in [3.8, 4) is 0 Å². The highest BCUT2D eigenvalue weighted by Gasteiger charge is 2.25. The van der Waals surface area contributed by atoms with Crippen LogP contribution in [-0.4, -0.2) is 61.7 Å². The predicted molar refractivity (Wildman–Crippen MR) is 91.2 cm³/mol. The molecule has 1 aromatic heterocycles. The van der Waals surface area contributed by atoms with E-state index >= 15 is 0 Å². The predicted octanol–water partition coefficient (Wildman–Crippen LogP) is 2.44. The fourth-order valence-corrected chi connectivity index (χ4v) is 4.36. The normalized spacial score (nSPS) is 22.1. The molecule has 0 atom stereocenters. The molecule has 4 heteroatoms. The lowest BCUT2D eigenvalue weighted by Gasteiger charge is -2.38. The molecule has 0 aromatic carbocycles. The zero-order valence-electron chi connectivity index (χ0n) is 13.1. The molecule has 0 spiro atoms. The van der Waals surface area contributed by atoms with E-state index in [0.29, 0.717) is 0 Å². The minimum absolute atomic E-state index is 0.913. The van der Waals surface area contributed by atoms with E-state index in [1.54, 1.807) is 0 Å². The molecular weight excluding hydrogens is 278 g/mol. The van der Waals surface area contributed by atoms with E-state index in [4.69, 9.17) is 0 Å². The van der Waals surface area contributed by atoms with Gasteiger partial charge in [-0.3, -0.25) is 9.80 Å². The summed E-state index contributed by atoms with van der Waals surface area (Å²) in [5, 5.41) is 5.75. The second kappa shape index (κ2) is 8.28. The number of thiophene rings is 1. The topological polar surface area (TPSA) is 18.5 Å². The third-order valence-electron chi connectivity index (χ3n) is 4.98. The Kier molecular flexibility index (Phi) is 6.10. The van der Waals surface area contributed by atoms with Crippen LogP contribution < -0.4 is 5.32 Å². The minimum Gasteiger partial charge on any atom is -0.315 e. The zero-order chi connectivity index (χ0) is 14.3. The Labute approximate surface area is 133 Å². The molecule has 118 valence electrons. The van der Waals surface area contributed by atoms with E-state index in [1.165, 1.54) is 69.7 Å². The summed E-state index contributed by atoms with van der Waals surface area (Å²) in [7, 11) is 0. The van der Waals surface area contributed by atoms with Crippen molar-refractivity contribution in [2.45, 2.75) is 38.1 Å². The molecule has 1 aliphatic carbocycles. The van der Waals surface area contributed by atoms with Crippen LogP contribution in [0.4, 0.5) is 0 Å². The second-order valence-electron chi connectivity index (χ2n) is 6.40. The Balaban J connectivity index is 1.24. The number of hydrogen-bond acceptors (Lipinski definition) is 4. The minimum atomic E-state index is 0.913. The van der Waals surface area contributed by atoms with Crippen LogP contribution in [0, 0.1) is 0 Å². The quantitative estimate of drug-likeness (QED) is 0.781. The van der Waals surface area contributed by atoms with Crippen LogP contribution in [0.25, 0.3) is 0 Å². The van der Waals surface area contributed by atoms with Gasteiger partial charge in [-0.05, 0) is 30.7 Å². The van der Waals surface area contributed by atoms with Gasteiger partial charge in [0.1, 0.15) is 0 Å². The molecule has 3 nitrogen and oxygen atoms in total. The van der Waals surface area contributed by atoms with Crippen LogP contribution in [0.15, 0.2) is 17.5 Å². The lowest BCUT2D eigenvalue weighted by Crippen LogP contribution is -2.50. The van der Waals surface area contributed by atoms with E-state index < -0.39 is 0 Å². The smallest absolute Gasteiger partial charge is 0.0113 e. The maximum absolute atomic E-state index is 3.59. The van der Waals surface area contributed by atoms with E-state index in [-0.39, 0.29) is 0 Å². The average Bonchev–Trinajstić information content (AvgIpc) is 3.21. The van der Waals surface area contributed by atoms with Crippen molar-refractivity contribution >= 4 is 11.3 Å². The first-order chi connectivity index (χ1) is 10.4. The van der Waals surface area contributed by atoms with Crippen molar-refractivity contribution in [2.75, 3.05) is 45.8 Å². The van der Waals surface area contributed by atoms with Gasteiger partial charge in [0.15, 0.2) is 0 Å². The average molecular weight is 308 g/mol. The molecule has 0 radical (unpaired) electrons. The molecule has 1 aliphatic heterocycles. The lowest BCUT2D eigenvalue weighted by molar-refractivity contribution is 0.0985. The van der Waals surface area contributed by atoms with Gasteiger partial charge in [0.25, 0.3) is 0 Å². The SMILES string of the molecule is c1csc(CCNCCN2CCN(C3CCCC3)CC2)c1. The summed E-state index contributed by atoms with van der Waals surface area (Å²) >= 11 is 1.87. The van der Waals surface area contributed by atoms with Crippen LogP contribution in [0.2, 0.25) is 0 Å². The zero-order valence-corrected chi connectivity index (χ0v) is 13.9. The fraction of sp³-hybridized carbons (Fsp3) is 0.765. The van der Waals surface area contributed by atoms with E-state index in [2.05, 4.69) is 32.6 Å². The highest BCUT2D eigenvalue weighted by atomic mass is 32.1. The van der Waals surface area contributed by atoms with Crippen LogP contribution >= 0.6 is 11.3 Å². The van der Waals surface area contributed by atoms with Crippen LogP contribution in [0.3, 0.4) is 0 Å². The molecule has 1 saturated carbocycles. The van der Waals surface area contributed by atoms with Gasteiger partial charge in [-0.25, -0.2) is 0 Å². The molecule has 21 heavy (non-hydrogen) atoms. The third-order valence-corrected chi connectivity index (χ3v) is 5.92. The van der Waals surface area contributed by atoms with E-state index in [0.717, 1.165) is 19.1 Å². The molecule has 2 heterocycles. The number of rotatable bonds is 7. The molecule has 0 bridgehead atoms. The molecule has 3 rings (SSSR count). The maximum atomic E-state index is 3.59. The Morgan fingerprint density at radius 1 is 1.10 bits per heavy atom. The summed E-state index contributed by atoms with van der Waals surface area (Å²) in [4.78, 5) is 6.87. The molecule has 2 aliphatic rings. The number of piperazine rings is 1. The fourth-order valence-electron chi connectivity index (χ4n) is 3.65. The Morgan fingerprint density at radius 2 is 1.90 bits per heavy atom. The van der Waals surface area contributed by atoms with Gasteiger partial charge < -0.3 is 5.32 Å². The van der Waals surface area contributed by atoms with Crippen LogP contribution in [-0.2, 0) is 6.42 Å². The number of nitrogens with zero attached hydrogens (tertiary/aromatic N) is 2. The third kappa shape index (κ3) is 4.78. The van der Waals surface area contributed by atoms with Crippen molar-refractivity contribution in [3.05, 3.63) is 22.4 Å². The van der Waals surface area contributed by atoms with Gasteiger partial charge >= 0.3 is 0 Å². The summed E-state index contributed by atoms with van der Waals surface area (Å²) in [6, 6.07) is 5.29. The Bertz CT molecular complexity index is 379. The summed E-state index contributed by atoms with van der Waals surface area (Å²) in [6.07, 6.45) is 6.99. The van der Waals surface area contributed by atoms with Gasteiger partial charge in [0.2, 0.25) is 0 Å². The largest absolute Gasteiger partial charge is 0.315 e. The van der Waals surface area contributed by atoms with Crippen LogP contribution in [0.5, 0.6) is 0 Å². The first-order valence-electron chi connectivity index (χ1n) is 8.61. The summed E-state index contributed by atoms with van der Waals surface area (Å²) in [6.45, 7) is 8.58. The molecule has 2 fully saturated rings. The molecular formula is C17H29N3S. The van der Waals surface area contributed by atoms with Gasteiger partial charge in [-0.15, -0.1) is 11.3 Å². The summed E-state index contributed by atoms with van der Waals surface area (Å²) < 4.78 is 0. The number of hydrogen-bond donors (Lipinski definition) is 1. The summed E-state index contributed by atoms with van der Waals surface area (Å²) in [5.74, 6) is 0. The maximum Gasteiger partial charge on any atom is 0.0113 e. The molecule has 1 aromatic rings. The first-order valence-corrected chi connectivity index (χ1v) is 9.49. The first kappa shape index (κ1) is 15.5. The monoisotopic (exact) mass is 307 g/mol. The van der Waals surface area contributed by atoms with Crippen molar-refractivity contribution in [2.24, 2.45) is 0 Å². The van der Waals surface area contributed by atoms with Gasteiger partial charge in [-0.1, -0.05) is 18.9 Å². The molecule has 1 N–H and O–H groups in total. The number of nitrogens with one attached hydrogen (secondary N) is 1. The van der Waals surface area contributed by atoms with Crippen molar-refractivity contribution < 1.29 is 0 Å². The van der Waals surface area contributed by atoms with Crippen molar-refractivity contribution in [1.82, 2.24) is 15.1 Å². The van der Waals surface area contributed by atoms with Gasteiger partial charge in [-0.2, -0.15) is 0 Å². The molecule has 1 saturated heterocycles. The van der Waals surface area contributed by atoms with Crippen molar-refractivity contribution in [1.29, 1.82) is 0 Å². The van der Waals surface area contributed by atoms with Gasteiger partial charge in [0.05, 0.1) is 0 Å². The Hall–Kier alpha value is -0.420.